The minimum absolute atomic E-state index is 0.675. The number of nitrogens with one attached hydrogen (secondary N) is 1. The molecule has 0 bridgehead atoms. The third-order valence-corrected chi connectivity index (χ3v) is 6.39. The van der Waals surface area contributed by atoms with Crippen molar-refractivity contribution in [1.29, 1.82) is 0 Å². The SMILES string of the molecule is COc1ccc2cc(-c3cnc4n3N=C(Nc3ccc(OC)c(OC)c3)CC4)sc2c1. The van der Waals surface area contributed by atoms with Crippen molar-refractivity contribution in [3.05, 3.63) is 54.5 Å². The lowest BCUT2D eigenvalue weighted by Crippen LogP contribution is -2.20. The number of ether oxygens (including phenoxy) is 3. The van der Waals surface area contributed by atoms with Crippen LogP contribution in [-0.2, 0) is 6.42 Å². The number of fused-ring (bicyclic) bond motifs is 2. The van der Waals surface area contributed by atoms with Crippen LogP contribution in [0.25, 0.3) is 20.7 Å². The molecule has 7 nitrogen and oxygen atoms in total. The topological polar surface area (TPSA) is 69.9 Å². The maximum absolute atomic E-state index is 5.40. The van der Waals surface area contributed by atoms with Crippen molar-refractivity contribution in [1.82, 2.24) is 9.66 Å². The van der Waals surface area contributed by atoms with Crippen LogP contribution in [-0.4, -0.2) is 36.8 Å². The normalized spacial score (nSPS) is 12.9. The van der Waals surface area contributed by atoms with Crippen LogP contribution in [0, 0.1) is 0 Å². The molecule has 8 heteroatoms. The number of aryl methyl sites for hydroxylation is 1. The van der Waals surface area contributed by atoms with E-state index < -0.39 is 0 Å². The van der Waals surface area contributed by atoms with Crippen molar-refractivity contribution in [2.45, 2.75) is 12.8 Å². The fourth-order valence-electron chi connectivity index (χ4n) is 3.67. The summed E-state index contributed by atoms with van der Waals surface area (Å²) in [5, 5.41) is 9.44. The zero-order valence-electron chi connectivity index (χ0n) is 17.5. The smallest absolute Gasteiger partial charge is 0.162 e. The van der Waals surface area contributed by atoms with E-state index in [-0.39, 0.29) is 0 Å². The Morgan fingerprint density at radius 1 is 0.935 bits per heavy atom. The summed E-state index contributed by atoms with van der Waals surface area (Å²) in [6, 6.07) is 14.0. The second-order valence-electron chi connectivity index (χ2n) is 7.13. The Morgan fingerprint density at radius 2 is 1.81 bits per heavy atom. The number of rotatable bonds is 5. The lowest BCUT2D eigenvalue weighted by atomic mass is 10.2. The molecule has 0 saturated carbocycles. The summed E-state index contributed by atoms with van der Waals surface area (Å²) >= 11 is 1.71. The molecule has 1 aliphatic heterocycles. The summed E-state index contributed by atoms with van der Waals surface area (Å²) in [4.78, 5) is 5.73. The maximum Gasteiger partial charge on any atom is 0.162 e. The second-order valence-corrected chi connectivity index (χ2v) is 8.21. The van der Waals surface area contributed by atoms with Gasteiger partial charge in [0.05, 0.1) is 32.4 Å². The van der Waals surface area contributed by atoms with Gasteiger partial charge in [0.25, 0.3) is 0 Å². The molecule has 2 aromatic heterocycles. The number of aromatic nitrogens is 2. The van der Waals surface area contributed by atoms with E-state index in [2.05, 4.69) is 28.5 Å². The van der Waals surface area contributed by atoms with Crippen molar-refractivity contribution < 1.29 is 14.2 Å². The lowest BCUT2D eigenvalue weighted by molar-refractivity contribution is 0.355. The summed E-state index contributed by atoms with van der Waals surface area (Å²) in [7, 11) is 4.94. The van der Waals surface area contributed by atoms with Crippen LogP contribution in [0.15, 0.2) is 53.8 Å². The van der Waals surface area contributed by atoms with Crippen LogP contribution in [0.2, 0.25) is 0 Å². The van der Waals surface area contributed by atoms with E-state index >= 15 is 0 Å². The molecule has 3 heterocycles. The lowest BCUT2D eigenvalue weighted by Gasteiger charge is -2.17. The quantitative estimate of drug-likeness (QED) is 0.478. The van der Waals surface area contributed by atoms with E-state index in [1.165, 1.54) is 10.1 Å². The van der Waals surface area contributed by atoms with Gasteiger partial charge in [0.15, 0.2) is 11.5 Å². The predicted molar refractivity (Wildman–Crippen MR) is 124 cm³/mol. The summed E-state index contributed by atoms with van der Waals surface area (Å²) in [5.41, 5.74) is 1.89. The largest absolute Gasteiger partial charge is 0.497 e. The van der Waals surface area contributed by atoms with Gasteiger partial charge in [-0.2, -0.15) is 5.10 Å². The van der Waals surface area contributed by atoms with Crippen LogP contribution in [0.3, 0.4) is 0 Å². The molecule has 0 fully saturated rings. The Kier molecular flexibility index (Phi) is 4.99. The Labute approximate surface area is 183 Å². The molecular formula is C23H22N4O3S. The van der Waals surface area contributed by atoms with Gasteiger partial charge in [0, 0.05) is 29.3 Å². The Balaban J connectivity index is 1.47. The second kappa shape index (κ2) is 7.96. The molecular weight excluding hydrogens is 412 g/mol. The number of thiophene rings is 1. The number of methoxy groups -OCH3 is 3. The number of nitrogens with zero attached hydrogens (tertiary/aromatic N) is 3. The number of benzene rings is 2. The van der Waals surface area contributed by atoms with Crippen molar-refractivity contribution in [2.75, 3.05) is 26.6 Å². The molecule has 0 unspecified atom stereocenters. The van der Waals surface area contributed by atoms with Crippen LogP contribution in [0.1, 0.15) is 12.2 Å². The molecule has 1 N–H and O–H groups in total. The minimum atomic E-state index is 0.675. The third kappa shape index (κ3) is 3.59. The van der Waals surface area contributed by atoms with Gasteiger partial charge in [-0.05, 0) is 41.8 Å². The third-order valence-electron chi connectivity index (χ3n) is 5.27. The van der Waals surface area contributed by atoms with Gasteiger partial charge < -0.3 is 19.5 Å². The molecule has 5 rings (SSSR count). The molecule has 4 aromatic rings. The van der Waals surface area contributed by atoms with Gasteiger partial charge in [0.1, 0.15) is 23.1 Å². The molecule has 0 atom stereocenters. The van der Waals surface area contributed by atoms with Gasteiger partial charge in [-0.1, -0.05) is 0 Å². The van der Waals surface area contributed by atoms with Crippen molar-refractivity contribution in [3.8, 4) is 27.8 Å². The highest BCUT2D eigenvalue weighted by Crippen LogP contribution is 2.36. The van der Waals surface area contributed by atoms with Crippen LogP contribution < -0.4 is 19.5 Å². The predicted octanol–water partition coefficient (Wildman–Crippen LogP) is 5.01. The van der Waals surface area contributed by atoms with E-state index in [1.807, 2.05) is 35.1 Å². The highest BCUT2D eigenvalue weighted by Gasteiger charge is 2.19. The first-order chi connectivity index (χ1) is 15.2. The van der Waals surface area contributed by atoms with E-state index in [0.29, 0.717) is 11.5 Å². The monoisotopic (exact) mass is 434 g/mol. The van der Waals surface area contributed by atoms with Crippen LogP contribution in [0.4, 0.5) is 5.69 Å². The molecule has 2 aromatic carbocycles. The first-order valence-electron chi connectivity index (χ1n) is 9.90. The fraction of sp³-hybridized carbons (Fsp3) is 0.217. The molecule has 158 valence electrons. The number of imidazole rings is 1. The van der Waals surface area contributed by atoms with E-state index in [1.54, 1.807) is 32.7 Å². The van der Waals surface area contributed by atoms with Crippen LogP contribution in [0.5, 0.6) is 17.2 Å². The van der Waals surface area contributed by atoms with Crippen molar-refractivity contribution in [2.24, 2.45) is 5.10 Å². The zero-order valence-corrected chi connectivity index (χ0v) is 18.3. The van der Waals surface area contributed by atoms with Gasteiger partial charge in [-0.15, -0.1) is 11.3 Å². The van der Waals surface area contributed by atoms with E-state index in [4.69, 9.17) is 19.3 Å². The van der Waals surface area contributed by atoms with E-state index in [9.17, 15) is 0 Å². The van der Waals surface area contributed by atoms with Gasteiger partial charge in [0.2, 0.25) is 0 Å². The zero-order chi connectivity index (χ0) is 21.4. The number of amidine groups is 1. The standard InChI is InChI=1S/C23H22N4O3S/c1-28-16-6-4-14-10-21(31-20(14)12-16)17-13-24-23-9-8-22(26-27(17)23)25-15-5-7-18(29-2)19(11-15)30-3/h4-7,10-13H,8-9H2,1-3H3,(H,25,26). The summed E-state index contributed by atoms with van der Waals surface area (Å²) in [5.74, 6) is 4.06. The Bertz CT molecular complexity index is 1290. The highest BCUT2D eigenvalue weighted by atomic mass is 32.1. The van der Waals surface area contributed by atoms with E-state index in [0.717, 1.165) is 46.5 Å². The average Bonchev–Trinajstić information content (AvgIpc) is 3.41. The number of anilines is 1. The van der Waals surface area contributed by atoms with Crippen LogP contribution >= 0.6 is 11.3 Å². The summed E-state index contributed by atoms with van der Waals surface area (Å²) < 4.78 is 19.2. The maximum atomic E-state index is 5.40. The summed E-state index contributed by atoms with van der Waals surface area (Å²) in [6.07, 6.45) is 3.51. The molecule has 0 aliphatic carbocycles. The average molecular weight is 435 g/mol. The Morgan fingerprint density at radius 3 is 2.61 bits per heavy atom. The first kappa shape index (κ1) is 19.4. The molecule has 1 aliphatic rings. The number of hydrogen-bond donors (Lipinski definition) is 1. The summed E-state index contributed by atoms with van der Waals surface area (Å²) in [6.45, 7) is 0. The molecule has 0 saturated heterocycles. The molecule has 0 radical (unpaired) electrons. The minimum Gasteiger partial charge on any atom is -0.497 e. The molecule has 0 amide bonds. The van der Waals surface area contributed by atoms with Gasteiger partial charge in [-0.3, -0.25) is 0 Å². The molecule has 0 spiro atoms. The molecule has 31 heavy (non-hydrogen) atoms. The van der Waals surface area contributed by atoms with Crippen molar-refractivity contribution >= 4 is 32.9 Å². The highest BCUT2D eigenvalue weighted by molar-refractivity contribution is 7.22. The fourth-order valence-corrected chi connectivity index (χ4v) is 4.75. The first-order valence-corrected chi connectivity index (χ1v) is 10.7. The Hall–Kier alpha value is -3.52. The van der Waals surface area contributed by atoms with Crippen molar-refractivity contribution in [3.63, 3.8) is 0 Å². The van der Waals surface area contributed by atoms with Gasteiger partial charge in [-0.25, -0.2) is 9.66 Å². The number of hydrogen-bond acceptors (Lipinski definition) is 7. The van der Waals surface area contributed by atoms with Gasteiger partial charge >= 0.3 is 0 Å².